The molecule has 0 spiro atoms. The molecule has 2 amide bonds. The highest BCUT2D eigenvalue weighted by atomic mass is 32.1. The van der Waals surface area contributed by atoms with Gasteiger partial charge in [0, 0.05) is 25.3 Å². The molecular weight excluding hydrogens is 322 g/mol. The molecule has 1 aliphatic rings. The molecule has 1 aromatic carbocycles. The monoisotopic (exact) mass is 343 g/mol. The first-order chi connectivity index (χ1) is 11.6. The lowest BCUT2D eigenvalue weighted by atomic mass is 9.97. The fourth-order valence-corrected chi connectivity index (χ4v) is 3.59. The number of thiophene rings is 1. The summed E-state index contributed by atoms with van der Waals surface area (Å²) in [5.74, 6) is -0.328. The van der Waals surface area contributed by atoms with Gasteiger partial charge in [0.25, 0.3) is 5.91 Å². The summed E-state index contributed by atoms with van der Waals surface area (Å²) in [6.45, 7) is 2.13. The van der Waals surface area contributed by atoms with Crippen molar-refractivity contribution in [3.63, 3.8) is 0 Å². The van der Waals surface area contributed by atoms with E-state index in [4.69, 9.17) is 5.73 Å². The van der Waals surface area contributed by atoms with Gasteiger partial charge < -0.3 is 16.0 Å². The number of primary amides is 1. The zero-order valence-corrected chi connectivity index (χ0v) is 14.2. The molecule has 0 aliphatic carbocycles. The number of hydrogen-bond donors (Lipinski definition) is 2. The predicted octanol–water partition coefficient (Wildman–Crippen LogP) is 2.38. The molecule has 6 heteroatoms. The Labute approximate surface area is 145 Å². The van der Waals surface area contributed by atoms with Gasteiger partial charge in [-0.25, -0.2) is 0 Å². The Kier molecular flexibility index (Phi) is 5.15. The van der Waals surface area contributed by atoms with Gasteiger partial charge in [0.1, 0.15) is 0 Å². The van der Waals surface area contributed by atoms with Crippen molar-refractivity contribution >= 4 is 28.8 Å². The van der Waals surface area contributed by atoms with Crippen LogP contribution in [0.1, 0.15) is 28.1 Å². The Hall–Kier alpha value is -2.34. The summed E-state index contributed by atoms with van der Waals surface area (Å²) in [6, 6.07) is 11.8. The highest BCUT2D eigenvalue weighted by Crippen LogP contribution is 2.23. The van der Waals surface area contributed by atoms with Crippen molar-refractivity contribution in [1.29, 1.82) is 0 Å². The van der Waals surface area contributed by atoms with E-state index in [0.29, 0.717) is 13.1 Å². The molecule has 2 heterocycles. The minimum atomic E-state index is -0.215. The molecule has 1 fully saturated rings. The average molecular weight is 343 g/mol. The van der Waals surface area contributed by atoms with Crippen molar-refractivity contribution in [3.8, 4) is 0 Å². The number of rotatable bonds is 5. The molecule has 126 valence electrons. The Morgan fingerprint density at radius 1 is 1.25 bits per heavy atom. The maximum absolute atomic E-state index is 11.9. The van der Waals surface area contributed by atoms with Gasteiger partial charge in [0.2, 0.25) is 5.91 Å². The van der Waals surface area contributed by atoms with Crippen LogP contribution in [-0.4, -0.2) is 24.9 Å². The van der Waals surface area contributed by atoms with Crippen molar-refractivity contribution < 1.29 is 9.59 Å². The number of hydrogen-bond acceptors (Lipinski definition) is 4. The number of nitrogens with zero attached hydrogens (tertiary/aromatic N) is 1. The lowest BCUT2D eigenvalue weighted by molar-refractivity contribution is -0.122. The van der Waals surface area contributed by atoms with Crippen LogP contribution in [0.15, 0.2) is 41.8 Å². The van der Waals surface area contributed by atoms with Crippen molar-refractivity contribution in [2.24, 2.45) is 11.7 Å². The third-order valence-corrected chi connectivity index (χ3v) is 5.19. The summed E-state index contributed by atoms with van der Waals surface area (Å²) in [7, 11) is 0. The van der Waals surface area contributed by atoms with Crippen LogP contribution in [0.25, 0.3) is 0 Å². The normalized spacial score (nSPS) is 17.5. The summed E-state index contributed by atoms with van der Waals surface area (Å²) in [5.41, 5.74) is 7.57. The van der Waals surface area contributed by atoms with Crippen LogP contribution in [0.5, 0.6) is 0 Å². The first-order valence-electron chi connectivity index (χ1n) is 8.08. The highest BCUT2D eigenvalue weighted by Gasteiger charge is 2.23. The van der Waals surface area contributed by atoms with Gasteiger partial charge in [0.15, 0.2) is 0 Å². The number of anilines is 1. The van der Waals surface area contributed by atoms with Gasteiger partial charge >= 0.3 is 0 Å². The SMILES string of the molecule is NC(=O)[C@@H]1CCCN(c2ccc(CNC(=O)c3cccs3)cc2)C1. The number of piperidine rings is 1. The van der Waals surface area contributed by atoms with Gasteiger partial charge in [-0.05, 0) is 42.0 Å². The van der Waals surface area contributed by atoms with E-state index in [1.54, 1.807) is 0 Å². The Balaban J connectivity index is 1.57. The first-order valence-corrected chi connectivity index (χ1v) is 8.96. The zero-order valence-electron chi connectivity index (χ0n) is 13.4. The lowest BCUT2D eigenvalue weighted by Gasteiger charge is -2.33. The molecule has 5 nitrogen and oxygen atoms in total. The molecule has 24 heavy (non-hydrogen) atoms. The summed E-state index contributed by atoms with van der Waals surface area (Å²) in [6.07, 6.45) is 1.85. The van der Waals surface area contributed by atoms with E-state index in [9.17, 15) is 9.59 Å². The van der Waals surface area contributed by atoms with Crippen LogP contribution in [0.4, 0.5) is 5.69 Å². The van der Waals surface area contributed by atoms with Crippen molar-refractivity contribution in [1.82, 2.24) is 5.32 Å². The van der Waals surface area contributed by atoms with E-state index in [-0.39, 0.29) is 17.7 Å². The van der Waals surface area contributed by atoms with Crippen LogP contribution < -0.4 is 16.0 Å². The van der Waals surface area contributed by atoms with Gasteiger partial charge in [0.05, 0.1) is 10.8 Å². The minimum absolute atomic E-state index is 0.0468. The Bertz CT molecular complexity index is 698. The second kappa shape index (κ2) is 7.49. The fourth-order valence-electron chi connectivity index (χ4n) is 2.95. The second-order valence-corrected chi connectivity index (χ2v) is 6.96. The number of amides is 2. The molecule has 2 aromatic rings. The Morgan fingerprint density at radius 3 is 2.71 bits per heavy atom. The fraction of sp³-hybridized carbons (Fsp3) is 0.333. The number of benzene rings is 1. The van der Waals surface area contributed by atoms with Crippen LogP contribution in [-0.2, 0) is 11.3 Å². The van der Waals surface area contributed by atoms with Crippen LogP contribution in [0.3, 0.4) is 0 Å². The van der Waals surface area contributed by atoms with Gasteiger partial charge in [-0.1, -0.05) is 18.2 Å². The van der Waals surface area contributed by atoms with Gasteiger partial charge in [-0.3, -0.25) is 9.59 Å². The van der Waals surface area contributed by atoms with E-state index >= 15 is 0 Å². The largest absolute Gasteiger partial charge is 0.371 e. The summed E-state index contributed by atoms with van der Waals surface area (Å²) in [4.78, 5) is 26.2. The quantitative estimate of drug-likeness (QED) is 0.875. The minimum Gasteiger partial charge on any atom is -0.371 e. The zero-order chi connectivity index (χ0) is 16.9. The summed E-state index contributed by atoms with van der Waals surface area (Å²) >= 11 is 1.43. The standard InChI is InChI=1S/C18H21N3O2S/c19-17(22)14-3-1-9-21(12-14)15-7-5-13(6-8-15)11-20-18(23)16-4-2-10-24-16/h2,4-8,10,14H,1,3,9,11-12H2,(H2,19,22)(H,20,23)/t14-/m1/s1. The van der Waals surface area contributed by atoms with E-state index in [2.05, 4.69) is 10.2 Å². The van der Waals surface area contributed by atoms with Crippen LogP contribution in [0, 0.1) is 5.92 Å². The molecule has 3 N–H and O–H groups in total. The number of nitrogens with one attached hydrogen (secondary N) is 1. The average Bonchev–Trinajstić information content (AvgIpc) is 3.15. The second-order valence-electron chi connectivity index (χ2n) is 6.01. The molecule has 3 rings (SSSR count). The molecule has 0 unspecified atom stereocenters. The van der Waals surface area contributed by atoms with E-state index in [1.165, 1.54) is 11.3 Å². The topological polar surface area (TPSA) is 75.4 Å². The molecule has 1 aliphatic heterocycles. The van der Waals surface area contributed by atoms with Crippen molar-refractivity contribution in [2.75, 3.05) is 18.0 Å². The maximum atomic E-state index is 11.9. The predicted molar refractivity (Wildman–Crippen MR) is 96.1 cm³/mol. The highest BCUT2D eigenvalue weighted by molar-refractivity contribution is 7.12. The first kappa shape index (κ1) is 16.5. The van der Waals surface area contributed by atoms with Crippen LogP contribution in [0.2, 0.25) is 0 Å². The van der Waals surface area contributed by atoms with E-state index in [0.717, 1.165) is 35.5 Å². The molecule has 1 saturated heterocycles. The molecule has 0 saturated carbocycles. The summed E-state index contributed by atoms with van der Waals surface area (Å²) in [5, 5.41) is 4.81. The van der Waals surface area contributed by atoms with E-state index < -0.39 is 0 Å². The number of carbonyl (C=O) groups is 2. The molecule has 1 aromatic heterocycles. The lowest BCUT2D eigenvalue weighted by Crippen LogP contribution is -2.41. The molecule has 1 atom stereocenters. The van der Waals surface area contributed by atoms with E-state index in [1.807, 2.05) is 41.8 Å². The molecule has 0 bridgehead atoms. The number of nitrogens with two attached hydrogens (primary N) is 1. The van der Waals surface area contributed by atoms with Crippen molar-refractivity contribution in [3.05, 3.63) is 52.2 Å². The Morgan fingerprint density at radius 2 is 2.04 bits per heavy atom. The maximum Gasteiger partial charge on any atom is 0.261 e. The van der Waals surface area contributed by atoms with Crippen LogP contribution >= 0.6 is 11.3 Å². The summed E-state index contributed by atoms with van der Waals surface area (Å²) < 4.78 is 0. The molecular formula is C18H21N3O2S. The number of carbonyl (C=O) groups excluding carboxylic acids is 2. The van der Waals surface area contributed by atoms with Gasteiger partial charge in [-0.15, -0.1) is 11.3 Å². The van der Waals surface area contributed by atoms with Crippen molar-refractivity contribution in [2.45, 2.75) is 19.4 Å². The smallest absolute Gasteiger partial charge is 0.261 e. The van der Waals surface area contributed by atoms with Gasteiger partial charge in [-0.2, -0.15) is 0 Å². The third kappa shape index (κ3) is 3.94. The third-order valence-electron chi connectivity index (χ3n) is 4.32. The molecule has 0 radical (unpaired) electrons.